The number of alkyl halides is 1. The van der Waals surface area contributed by atoms with Crippen molar-refractivity contribution < 1.29 is 14.6 Å². The van der Waals surface area contributed by atoms with Crippen molar-refractivity contribution >= 4 is 17.5 Å². The lowest BCUT2D eigenvalue weighted by Gasteiger charge is -2.32. The van der Waals surface area contributed by atoms with Gasteiger partial charge in [-0.15, -0.1) is 11.6 Å². The minimum Gasteiger partial charge on any atom is -0.387 e. The first-order chi connectivity index (χ1) is 10.2. The highest BCUT2D eigenvalue weighted by Crippen LogP contribution is 2.30. The fraction of sp³-hybridized carbons (Fsp3) is 0.667. The molecule has 0 aromatic rings. The van der Waals surface area contributed by atoms with Gasteiger partial charge in [-0.2, -0.15) is 0 Å². The van der Waals surface area contributed by atoms with Crippen LogP contribution in [0.3, 0.4) is 0 Å². The molecule has 6 heteroatoms. The second kappa shape index (κ2) is 6.48. The third-order valence-corrected chi connectivity index (χ3v) is 4.79. The number of carbonyl (C=O) groups excluding carboxylic acids is 1. The molecule has 3 aliphatic rings. The molecule has 3 rings (SSSR count). The molecular formula is C15H21ClN2O3. The van der Waals surface area contributed by atoms with Crippen LogP contribution in [0.4, 0.5) is 0 Å². The van der Waals surface area contributed by atoms with E-state index in [4.69, 9.17) is 16.3 Å². The average Bonchev–Trinajstić information content (AvgIpc) is 2.99. The lowest BCUT2D eigenvalue weighted by atomic mass is 9.87. The predicted octanol–water partition coefficient (Wildman–Crippen LogP) is 0.288. The predicted molar refractivity (Wildman–Crippen MR) is 80.2 cm³/mol. The maximum Gasteiger partial charge on any atom is 0.240 e. The molecule has 0 saturated carbocycles. The lowest BCUT2D eigenvalue weighted by Crippen LogP contribution is -2.50. The summed E-state index contributed by atoms with van der Waals surface area (Å²) in [5.74, 6) is 0.276. The van der Waals surface area contributed by atoms with E-state index in [1.165, 1.54) is 0 Å². The quantitative estimate of drug-likeness (QED) is 0.720. The zero-order valence-electron chi connectivity index (χ0n) is 11.9. The van der Waals surface area contributed by atoms with E-state index >= 15 is 0 Å². The molecule has 2 unspecified atom stereocenters. The number of halogens is 1. The maximum absolute atomic E-state index is 12.7. The molecule has 4 atom stereocenters. The van der Waals surface area contributed by atoms with Crippen LogP contribution in [0.1, 0.15) is 6.42 Å². The number of allylic oxidation sites excluding steroid dienone is 1. The second-order valence-corrected chi connectivity index (χ2v) is 6.23. The highest BCUT2D eigenvalue weighted by molar-refractivity contribution is 6.22. The monoisotopic (exact) mass is 312 g/mol. The topological polar surface area (TPSA) is 61.8 Å². The molecule has 0 spiro atoms. The van der Waals surface area contributed by atoms with Gasteiger partial charge in [-0.3, -0.25) is 4.79 Å². The molecule has 0 bridgehead atoms. The molecule has 5 nitrogen and oxygen atoms in total. The Morgan fingerprint density at radius 2 is 2.19 bits per heavy atom. The van der Waals surface area contributed by atoms with Crippen molar-refractivity contribution in [2.45, 2.75) is 23.9 Å². The highest BCUT2D eigenvalue weighted by Gasteiger charge is 2.38. The molecule has 2 N–H and O–H groups in total. The number of aliphatic hydroxyl groups is 1. The van der Waals surface area contributed by atoms with E-state index in [1.807, 2.05) is 17.1 Å². The van der Waals surface area contributed by atoms with Crippen molar-refractivity contribution in [1.29, 1.82) is 0 Å². The second-order valence-electron chi connectivity index (χ2n) is 5.73. The Labute approximate surface area is 129 Å². The summed E-state index contributed by atoms with van der Waals surface area (Å²) in [6.45, 7) is 3.38. The Balaban J connectivity index is 1.72. The summed E-state index contributed by atoms with van der Waals surface area (Å²) in [4.78, 5) is 14.5. The zero-order valence-corrected chi connectivity index (χ0v) is 12.6. The van der Waals surface area contributed by atoms with Gasteiger partial charge < -0.3 is 20.1 Å². The summed E-state index contributed by atoms with van der Waals surface area (Å²) in [5, 5.41) is 12.6. The summed E-state index contributed by atoms with van der Waals surface area (Å²) < 4.78 is 5.30. The van der Waals surface area contributed by atoms with Crippen LogP contribution in [0.25, 0.3) is 0 Å². The van der Waals surface area contributed by atoms with Crippen molar-refractivity contribution in [1.82, 2.24) is 10.2 Å². The van der Waals surface area contributed by atoms with Gasteiger partial charge in [-0.25, -0.2) is 0 Å². The molecule has 2 aliphatic heterocycles. The smallest absolute Gasteiger partial charge is 0.240 e. The lowest BCUT2D eigenvalue weighted by molar-refractivity contribution is -0.137. The third-order valence-electron chi connectivity index (χ3n) is 4.40. The standard InChI is InChI=1S/C15H21ClN2O3/c16-12-9-10(1-2-13(12)19)11-3-4-17-14(11)15(20)18-5-7-21-8-6-18/h1-2,9,11-14,17,19H,3-8H2/t11-,12?,13?,14-/m1/s1. The van der Waals surface area contributed by atoms with Gasteiger partial charge in [0.2, 0.25) is 5.91 Å². The molecule has 2 heterocycles. The van der Waals surface area contributed by atoms with Crippen LogP contribution in [0.15, 0.2) is 23.8 Å². The average molecular weight is 313 g/mol. The van der Waals surface area contributed by atoms with Gasteiger partial charge in [0.1, 0.15) is 0 Å². The van der Waals surface area contributed by atoms with E-state index in [0.29, 0.717) is 26.3 Å². The molecule has 1 amide bonds. The fourth-order valence-corrected chi connectivity index (χ4v) is 3.43. The molecule has 21 heavy (non-hydrogen) atoms. The van der Waals surface area contributed by atoms with Crippen molar-refractivity contribution in [3.8, 4) is 0 Å². The van der Waals surface area contributed by atoms with Gasteiger partial charge in [-0.05, 0) is 18.5 Å². The highest BCUT2D eigenvalue weighted by atomic mass is 35.5. The van der Waals surface area contributed by atoms with Crippen molar-refractivity contribution in [3.05, 3.63) is 23.8 Å². The SMILES string of the molecule is O=C([C@@H]1NCC[C@@H]1C1=CC(Cl)C(O)C=C1)N1CCOCC1. The number of hydrogen-bond acceptors (Lipinski definition) is 4. The van der Waals surface area contributed by atoms with Crippen molar-refractivity contribution in [2.75, 3.05) is 32.8 Å². The number of amides is 1. The third kappa shape index (κ3) is 3.16. The van der Waals surface area contributed by atoms with E-state index in [2.05, 4.69) is 5.32 Å². The Morgan fingerprint density at radius 1 is 1.43 bits per heavy atom. The molecule has 2 saturated heterocycles. The van der Waals surface area contributed by atoms with Crippen LogP contribution in [0, 0.1) is 5.92 Å². The molecule has 0 aromatic carbocycles. The Bertz CT molecular complexity index is 460. The zero-order chi connectivity index (χ0) is 14.8. The summed E-state index contributed by atoms with van der Waals surface area (Å²) >= 11 is 6.11. The van der Waals surface area contributed by atoms with Gasteiger partial charge >= 0.3 is 0 Å². The first-order valence-corrected chi connectivity index (χ1v) is 7.92. The van der Waals surface area contributed by atoms with Gasteiger partial charge in [0.05, 0.1) is 30.7 Å². The molecule has 0 radical (unpaired) electrons. The fourth-order valence-electron chi connectivity index (χ4n) is 3.20. The van der Waals surface area contributed by atoms with Crippen LogP contribution in [0.2, 0.25) is 0 Å². The molecule has 1 aliphatic carbocycles. The van der Waals surface area contributed by atoms with E-state index in [1.54, 1.807) is 6.08 Å². The summed E-state index contributed by atoms with van der Waals surface area (Å²) in [6, 6.07) is -0.196. The Kier molecular flexibility index (Phi) is 4.64. The van der Waals surface area contributed by atoms with Gasteiger partial charge in [-0.1, -0.05) is 18.2 Å². The van der Waals surface area contributed by atoms with E-state index in [9.17, 15) is 9.90 Å². The number of morpholine rings is 1. The number of ether oxygens (including phenoxy) is 1. The van der Waals surface area contributed by atoms with Gasteiger partial charge in [0, 0.05) is 19.0 Å². The normalized spacial score (nSPS) is 36.7. The number of nitrogens with one attached hydrogen (secondary N) is 1. The van der Waals surface area contributed by atoms with E-state index in [-0.39, 0.29) is 17.9 Å². The van der Waals surface area contributed by atoms with Crippen LogP contribution in [-0.4, -0.2) is 66.3 Å². The van der Waals surface area contributed by atoms with Crippen LogP contribution in [0.5, 0.6) is 0 Å². The number of rotatable bonds is 2. The first kappa shape index (κ1) is 15.0. The van der Waals surface area contributed by atoms with Crippen LogP contribution < -0.4 is 5.32 Å². The van der Waals surface area contributed by atoms with Crippen molar-refractivity contribution in [2.24, 2.45) is 5.92 Å². The summed E-state index contributed by atoms with van der Waals surface area (Å²) in [5.41, 5.74) is 1.05. The number of nitrogens with zero attached hydrogens (tertiary/aromatic N) is 1. The minimum absolute atomic E-state index is 0.130. The van der Waals surface area contributed by atoms with Gasteiger partial charge in [0.15, 0.2) is 0 Å². The first-order valence-electron chi connectivity index (χ1n) is 7.49. The minimum atomic E-state index is -0.641. The Hall–Kier alpha value is -0.880. The number of hydrogen-bond donors (Lipinski definition) is 2. The maximum atomic E-state index is 12.7. The number of carbonyl (C=O) groups is 1. The molecule has 0 aromatic heterocycles. The molecular weight excluding hydrogens is 292 g/mol. The summed E-state index contributed by atoms with van der Waals surface area (Å²) in [6.07, 6.45) is 5.76. The van der Waals surface area contributed by atoms with E-state index in [0.717, 1.165) is 18.5 Å². The largest absolute Gasteiger partial charge is 0.387 e. The van der Waals surface area contributed by atoms with Crippen LogP contribution in [-0.2, 0) is 9.53 Å². The molecule has 116 valence electrons. The van der Waals surface area contributed by atoms with Crippen molar-refractivity contribution in [3.63, 3.8) is 0 Å². The summed E-state index contributed by atoms with van der Waals surface area (Å²) in [7, 11) is 0. The Morgan fingerprint density at radius 3 is 2.90 bits per heavy atom. The van der Waals surface area contributed by atoms with Crippen LogP contribution >= 0.6 is 11.6 Å². The number of aliphatic hydroxyl groups excluding tert-OH is 1. The van der Waals surface area contributed by atoms with E-state index < -0.39 is 11.5 Å². The molecule has 2 fully saturated rings. The van der Waals surface area contributed by atoms with Gasteiger partial charge in [0.25, 0.3) is 0 Å².